The van der Waals surface area contributed by atoms with Gasteiger partial charge in [-0.05, 0) is 43.2 Å². The summed E-state index contributed by atoms with van der Waals surface area (Å²) in [5.74, 6) is 2.51. The van der Waals surface area contributed by atoms with Crippen molar-refractivity contribution in [1.29, 1.82) is 0 Å². The van der Waals surface area contributed by atoms with Gasteiger partial charge in [0.05, 0.1) is 19.0 Å². The van der Waals surface area contributed by atoms with Gasteiger partial charge in [0, 0.05) is 31.4 Å². The van der Waals surface area contributed by atoms with E-state index in [1.54, 1.807) is 18.9 Å². The molecule has 0 radical (unpaired) electrons. The van der Waals surface area contributed by atoms with Crippen molar-refractivity contribution in [3.8, 4) is 11.5 Å². The van der Waals surface area contributed by atoms with Gasteiger partial charge in [-0.3, -0.25) is 9.69 Å². The molecule has 0 saturated carbocycles. The second-order valence-electron chi connectivity index (χ2n) is 7.25. The Bertz CT molecular complexity index is 754. The van der Waals surface area contributed by atoms with E-state index in [4.69, 9.17) is 9.47 Å². The summed E-state index contributed by atoms with van der Waals surface area (Å²) in [6.07, 6.45) is 1.01. The molecule has 1 aliphatic heterocycles. The molecule has 1 amide bonds. The van der Waals surface area contributed by atoms with Crippen LogP contribution < -0.4 is 14.8 Å². The molecule has 0 aromatic heterocycles. The van der Waals surface area contributed by atoms with Gasteiger partial charge in [0.1, 0.15) is 11.5 Å². The number of benzene rings is 2. The molecule has 2 atom stereocenters. The number of thioether (sulfide) groups is 1. The second-order valence-corrected chi connectivity index (χ2v) is 8.70. The molecule has 0 aliphatic carbocycles. The number of likely N-dealkylation sites (tertiary alicyclic amines) is 1. The Kier molecular flexibility index (Phi) is 8.25. The number of hydrogen-bond donors (Lipinski definition) is 1. The Morgan fingerprint density at radius 1 is 1.17 bits per heavy atom. The first-order chi connectivity index (χ1) is 14.1. The molecule has 6 heteroatoms. The number of amides is 1. The molecule has 156 valence electrons. The van der Waals surface area contributed by atoms with Crippen LogP contribution in [0, 0.1) is 0 Å². The molecule has 29 heavy (non-hydrogen) atoms. The average molecular weight is 415 g/mol. The van der Waals surface area contributed by atoms with Gasteiger partial charge in [0.25, 0.3) is 0 Å². The molecule has 3 rings (SSSR count). The first-order valence-corrected chi connectivity index (χ1v) is 11.1. The van der Waals surface area contributed by atoms with Crippen molar-refractivity contribution in [3.05, 3.63) is 60.2 Å². The van der Waals surface area contributed by atoms with Crippen molar-refractivity contribution in [3.63, 3.8) is 0 Å². The Hall–Kier alpha value is -2.18. The van der Waals surface area contributed by atoms with Crippen LogP contribution in [0.25, 0.3) is 0 Å². The number of nitrogens with one attached hydrogen (secondary N) is 1. The van der Waals surface area contributed by atoms with Crippen LogP contribution in [0.15, 0.2) is 54.6 Å². The third-order valence-electron chi connectivity index (χ3n) is 5.02. The monoisotopic (exact) mass is 414 g/mol. The van der Waals surface area contributed by atoms with Gasteiger partial charge >= 0.3 is 0 Å². The largest absolute Gasteiger partial charge is 0.497 e. The van der Waals surface area contributed by atoms with E-state index in [-0.39, 0.29) is 17.2 Å². The summed E-state index contributed by atoms with van der Waals surface area (Å²) >= 11 is 1.62. The third kappa shape index (κ3) is 6.98. The van der Waals surface area contributed by atoms with Crippen LogP contribution in [0.1, 0.15) is 18.9 Å². The highest BCUT2D eigenvalue weighted by Crippen LogP contribution is 2.19. The lowest BCUT2D eigenvalue weighted by Gasteiger charge is -2.18. The van der Waals surface area contributed by atoms with Crippen molar-refractivity contribution in [2.24, 2.45) is 0 Å². The minimum Gasteiger partial charge on any atom is -0.497 e. The van der Waals surface area contributed by atoms with Gasteiger partial charge in [-0.1, -0.05) is 30.3 Å². The van der Waals surface area contributed by atoms with E-state index in [1.807, 2.05) is 37.3 Å². The number of nitrogens with zero attached hydrogens (tertiary/aromatic N) is 1. The predicted octanol–water partition coefficient (Wildman–Crippen LogP) is 3.59. The number of rotatable bonds is 10. The fourth-order valence-electron chi connectivity index (χ4n) is 3.39. The SMILES string of the molecule is COc1ccc(OCCSC(C)C(=O)NC2CCN(Cc3ccccc3)C2)cc1. The molecule has 1 heterocycles. The zero-order valence-corrected chi connectivity index (χ0v) is 18.0. The zero-order chi connectivity index (χ0) is 20.5. The minimum absolute atomic E-state index is 0.0855. The Morgan fingerprint density at radius 3 is 2.62 bits per heavy atom. The third-order valence-corrected chi connectivity index (χ3v) is 6.13. The lowest BCUT2D eigenvalue weighted by molar-refractivity contribution is -0.120. The lowest BCUT2D eigenvalue weighted by atomic mass is 10.2. The summed E-state index contributed by atoms with van der Waals surface area (Å²) in [7, 11) is 1.64. The Morgan fingerprint density at radius 2 is 1.90 bits per heavy atom. The molecule has 1 saturated heterocycles. The van der Waals surface area contributed by atoms with Gasteiger partial charge < -0.3 is 14.8 Å². The van der Waals surface area contributed by atoms with E-state index in [0.29, 0.717) is 6.61 Å². The Labute approximate surface area is 177 Å². The van der Waals surface area contributed by atoms with Crippen molar-refractivity contribution in [2.45, 2.75) is 31.2 Å². The second kappa shape index (κ2) is 11.1. The van der Waals surface area contributed by atoms with Crippen molar-refractivity contribution in [2.75, 3.05) is 32.6 Å². The summed E-state index contributed by atoms with van der Waals surface area (Å²) in [6, 6.07) is 18.3. The summed E-state index contributed by atoms with van der Waals surface area (Å²) in [5, 5.41) is 3.12. The van der Waals surface area contributed by atoms with Crippen LogP contribution in [-0.4, -0.2) is 54.7 Å². The normalized spacial score (nSPS) is 17.7. The van der Waals surface area contributed by atoms with Crippen LogP contribution in [0.4, 0.5) is 0 Å². The average Bonchev–Trinajstić information content (AvgIpc) is 3.18. The summed E-state index contributed by atoms with van der Waals surface area (Å²) < 4.78 is 10.9. The van der Waals surface area contributed by atoms with E-state index >= 15 is 0 Å². The highest BCUT2D eigenvalue weighted by atomic mass is 32.2. The molecule has 1 N–H and O–H groups in total. The molecule has 2 aromatic rings. The van der Waals surface area contributed by atoms with Gasteiger partial charge in [0.15, 0.2) is 0 Å². The Balaban J connectivity index is 1.31. The molecule has 2 aromatic carbocycles. The number of methoxy groups -OCH3 is 1. The molecule has 0 bridgehead atoms. The van der Waals surface area contributed by atoms with Gasteiger partial charge in [-0.15, -0.1) is 11.8 Å². The van der Waals surface area contributed by atoms with Crippen LogP contribution in [-0.2, 0) is 11.3 Å². The summed E-state index contributed by atoms with van der Waals surface area (Å²) in [6.45, 7) is 5.42. The van der Waals surface area contributed by atoms with Crippen molar-refractivity contribution < 1.29 is 14.3 Å². The maximum atomic E-state index is 12.5. The van der Waals surface area contributed by atoms with E-state index in [1.165, 1.54) is 5.56 Å². The first-order valence-electron chi connectivity index (χ1n) is 10.1. The zero-order valence-electron chi connectivity index (χ0n) is 17.2. The molecule has 0 spiro atoms. The maximum Gasteiger partial charge on any atom is 0.233 e. The quantitative estimate of drug-likeness (QED) is 0.602. The minimum atomic E-state index is -0.0855. The fourth-order valence-corrected chi connectivity index (χ4v) is 4.14. The molecular weight excluding hydrogens is 384 g/mol. The number of hydrogen-bond acceptors (Lipinski definition) is 5. The number of carbonyl (C=O) groups excluding carboxylic acids is 1. The van der Waals surface area contributed by atoms with Crippen LogP contribution >= 0.6 is 11.8 Å². The first kappa shape index (κ1) is 21.5. The van der Waals surface area contributed by atoms with Crippen molar-refractivity contribution in [1.82, 2.24) is 10.2 Å². The van der Waals surface area contributed by atoms with Crippen molar-refractivity contribution >= 4 is 17.7 Å². The lowest BCUT2D eigenvalue weighted by Crippen LogP contribution is -2.41. The van der Waals surface area contributed by atoms with Gasteiger partial charge in [-0.25, -0.2) is 0 Å². The number of ether oxygens (including phenoxy) is 2. The standard InChI is InChI=1S/C23H30N2O3S/c1-18(29-15-14-28-22-10-8-21(27-2)9-11-22)23(26)24-20-12-13-25(17-20)16-19-6-4-3-5-7-19/h3-11,18,20H,12-17H2,1-2H3,(H,24,26). The molecule has 2 unspecified atom stereocenters. The van der Waals surface area contributed by atoms with E-state index in [2.05, 4.69) is 34.5 Å². The van der Waals surface area contributed by atoms with E-state index < -0.39 is 0 Å². The summed E-state index contributed by atoms with van der Waals surface area (Å²) in [5.41, 5.74) is 1.32. The smallest absolute Gasteiger partial charge is 0.233 e. The molecule has 1 fully saturated rings. The summed E-state index contributed by atoms with van der Waals surface area (Å²) in [4.78, 5) is 14.9. The van der Waals surface area contributed by atoms with E-state index in [9.17, 15) is 4.79 Å². The maximum absolute atomic E-state index is 12.5. The van der Waals surface area contributed by atoms with Gasteiger partial charge in [-0.2, -0.15) is 0 Å². The molecule has 5 nitrogen and oxygen atoms in total. The topological polar surface area (TPSA) is 50.8 Å². The van der Waals surface area contributed by atoms with Gasteiger partial charge in [0.2, 0.25) is 5.91 Å². The van der Waals surface area contributed by atoms with E-state index in [0.717, 1.165) is 43.3 Å². The van der Waals surface area contributed by atoms with Crippen LogP contribution in [0.5, 0.6) is 11.5 Å². The predicted molar refractivity (Wildman–Crippen MR) is 119 cm³/mol. The molecular formula is C23H30N2O3S. The fraction of sp³-hybridized carbons (Fsp3) is 0.435. The van der Waals surface area contributed by atoms with Crippen LogP contribution in [0.3, 0.4) is 0 Å². The van der Waals surface area contributed by atoms with Crippen LogP contribution in [0.2, 0.25) is 0 Å². The highest BCUT2D eigenvalue weighted by molar-refractivity contribution is 8.00. The highest BCUT2D eigenvalue weighted by Gasteiger charge is 2.25. The molecule has 1 aliphatic rings. The number of carbonyl (C=O) groups is 1.